The van der Waals surface area contributed by atoms with Crippen LogP contribution >= 0.6 is 10.7 Å². The van der Waals surface area contributed by atoms with E-state index in [0.717, 1.165) is 0 Å². The van der Waals surface area contributed by atoms with E-state index in [1.54, 1.807) is 0 Å². The van der Waals surface area contributed by atoms with Gasteiger partial charge in [-0.3, -0.25) is 4.79 Å². The fourth-order valence-corrected chi connectivity index (χ4v) is 2.67. The minimum atomic E-state index is -4.40. The Morgan fingerprint density at radius 1 is 1.35 bits per heavy atom. The molecule has 1 rings (SSSR count). The van der Waals surface area contributed by atoms with E-state index in [-0.39, 0.29) is 16.1 Å². The average Bonchev–Trinajstić information content (AvgIpc) is 2.23. The van der Waals surface area contributed by atoms with Crippen LogP contribution in [-0.2, 0) is 13.8 Å². The van der Waals surface area contributed by atoms with Gasteiger partial charge in [-0.2, -0.15) is 13.2 Å². The number of hydrogen-bond acceptors (Lipinski definition) is 3. The molecular weight excluding hydrogens is 319 g/mol. The number of benzene rings is 1. The molecule has 0 heterocycles. The van der Waals surface area contributed by atoms with Crippen molar-refractivity contribution in [3.05, 3.63) is 23.8 Å². The zero-order valence-corrected chi connectivity index (χ0v) is 11.9. The van der Waals surface area contributed by atoms with Gasteiger partial charge >= 0.3 is 6.18 Å². The van der Waals surface area contributed by atoms with Crippen LogP contribution in [0.15, 0.2) is 23.1 Å². The summed E-state index contributed by atoms with van der Waals surface area (Å²) in [5.41, 5.74) is 0.493. The maximum absolute atomic E-state index is 11.9. The number of aryl methyl sites for hydroxylation is 1. The molecule has 1 aromatic rings. The summed E-state index contributed by atoms with van der Waals surface area (Å²) >= 11 is 0. The van der Waals surface area contributed by atoms with Gasteiger partial charge in [-0.05, 0) is 30.7 Å². The Morgan fingerprint density at radius 2 is 1.95 bits per heavy atom. The molecule has 0 spiro atoms. The molecule has 112 valence electrons. The highest BCUT2D eigenvalue weighted by Crippen LogP contribution is 2.24. The fraction of sp³-hybridized carbons (Fsp3) is 0.364. The highest BCUT2D eigenvalue weighted by atomic mass is 35.7. The van der Waals surface area contributed by atoms with Gasteiger partial charge in [-0.25, -0.2) is 8.42 Å². The van der Waals surface area contributed by atoms with Crippen LogP contribution in [0.1, 0.15) is 18.4 Å². The number of carbonyl (C=O) groups is 1. The molecule has 0 aliphatic heterocycles. The molecule has 20 heavy (non-hydrogen) atoms. The van der Waals surface area contributed by atoms with Crippen LogP contribution in [0.3, 0.4) is 0 Å². The Morgan fingerprint density at radius 3 is 2.40 bits per heavy atom. The quantitative estimate of drug-likeness (QED) is 0.863. The Labute approximate surface area is 118 Å². The largest absolute Gasteiger partial charge is 0.389 e. The summed E-state index contributed by atoms with van der Waals surface area (Å²) in [6.45, 7) is 1.46. The first-order valence-corrected chi connectivity index (χ1v) is 7.72. The summed E-state index contributed by atoms with van der Waals surface area (Å²) in [5.74, 6) is -0.803. The van der Waals surface area contributed by atoms with Crippen molar-refractivity contribution in [2.24, 2.45) is 0 Å². The van der Waals surface area contributed by atoms with Gasteiger partial charge < -0.3 is 5.32 Å². The third kappa shape index (κ3) is 5.38. The Hall–Kier alpha value is -1.28. The van der Waals surface area contributed by atoms with Gasteiger partial charge in [0.1, 0.15) is 0 Å². The highest BCUT2D eigenvalue weighted by molar-refractivity contribution is 8.13. The van der Waals surface area contributed by atoms with Crippen molar-refractivity contribution in [3.63, 3.8) is 0 Å². The van der Waals surface area contributed by atoms with E-state index >= 15 is 0 Å². The third-order valence-electron chi connectivity index (χ3n) is 2.36. The fourth-order valence-electron chi connectivity index (χ4n) is 1.48. The molecule has 9 heteroatoms. The predicted molar refractivity (Wildman–Crippen MR) is 68.1 cm³/mol. The number of hydrogen-bond donors (Lipinski definition) is 1. The number of alkyl halides is 3. The van der Waals surface area contributed by atoms with E-state index in [1.807, 2.05) is 0 Å². The molecule has 0 saturated heterocycles. The first-order chi connectivity index (χ1) is 8.99. The standard InChI is InChI=1S/C11H11ClF3NO3S/c1-7-6-8(2-3-9(7)20(12,18)19)16-10(17)4-5-11(13,14)15/h2-3,6H,4-5H2,1H3,(H,16,17). The number of nitrogens with one attached hydrogen (secondary N) is 1. The number of amides is 1. The van der Waals surface area contributed by atoms with Crippen LogP contribution < -0.4 is 5.32 Å². The molecule has 0 bridgehead atoms. The average molecular weight is 330 g/mol. The van der Waals surface area contributed by atoms with Crippen LogP contribution in [0, 0.1) is 6.92 Å². The molecule has 0 fully saturated rings. The lowest BCUT2D eigenvalue weighted by atomic mass is 10.2. The second-order valence-electron chi connectivity index (χ2n) is 4.08. The van der Waals surface area contributed by atoms with Gasteiger partial charge in [0.05, 0.1) is 11.3 Å². The molecule has 0 aromatic heterocycles. The van der Waals surface area contributed by atoms with Crippen LogP contribution in [-0.4, -0.2) is 20.5 Å². The third-order valence-corrected chi connectivity index (χ3v) is 3.84. The first-order valence-electron chi connectivity index (χ1n) is 5.41. The van der Waals surface area contributed by atoms with Crippen molar-refractivity contribution in [1.82, 2.24) is 0 Å². The minimum absolute atomic E-state index is 0.118. The van der Waals surface area contributed by atoms with Gasteiger partial charge in [0, 0.05) is 22.8 Å². The van der Waals surface area contributed by atoms with Crippen LogP contribution in [0.2, 0.25) is 0 Å². The van der Waals surface area contributed by atoms with Gasteiger partial charge in [0.25, 0.3) is 9.05 Å². The number of halogens is 4. The van der Waals surface area contributed by atoms with Crippen LogP contribution in [0.25, 0.3) is 0 Å². The minimum Gasteiger partial charge on any atom is -0.326 e. The summed E-state index contributed by atoms with van der Waals surface area (Å²) in [7, 11) is 1.28. The van der Waals surface area contributed by atoms with E-state index in [2.05, 4.69) is 5.32 Å². The molecule has 0 aliphatic rings. The highest BCUT2D eigenvalue weighted by Gasteiger charge is 2.27. The summed E-state index contributed by atoms with van der Waals surface area (Å²) in [6.07, 6.45) is -6.31. The number of rotatable bonds is 4. The lowest BCUT2D eigenvalue weighted by Gasteiger charge is -2.09. The topological polar surface area (TPSA) is 63.2 Å². The molecule has 0 aliphatic carbocycles. The monoisotopic (exact) mass is 329 g/mol. The van der Waals surface area contributed by atoms with Crippen molar-refractivity contribution in [2.45, 2.75) is 30.8 Å². The first kappa shape index (κ1) is 16.8. The second-order valence-corrected chi connectivity index (χ2v) is 6.62. The van der Waals surface area contributed by atoms with Gasteiger partial charge in [-0.1, -0.05) is 0 Å². The molecule has 0 saturated carbocycles. The van der Waals surface area contributed by atoms with Crippen molar-refractivity contribution in [1.29, 1.82) is 0 Å². The molecule has 1 N–H and O–H groups in total. The molecule has 1 amide bonds. The van der Waals surface area contributed by atoms with E-state index < -0.39 is 34.0 Å². The summed E-state index contributed by atoms with van der Waals surface area (Å²) in [5, 5.41) is 2.26. The summed E-state index contributed by atoms with van der Waals surface area (Å²) in [6, 6.07) is 3.76. The zero-order valence-electron chi connectivity index (χ0n) is 10.3. The predicted octanol–water partition coefficient (Wildman–Crippen LogP) is 3.20. The molecule has 4 nitrogen and oxygen atoms in total. The Bertz CT molecular complexity index is 614. The van der Waals surface area contributed by atoms with E-state index in [9.17, 15) is 26.4 Å². The van der Waals surface area contributed by atoms with E-state index in [4.69, 9.17) is 10.7 Å². The van der Waals surface area contributed by atoms with Gasteiger partial charge in [0.2, 0.25) is 5.91 Å². The zero-order chi connectivity index (χ0) is 15.6. The van der Waals surface area contributed by atoms with Gasteiger partial charge in [-0.15, -0.1) is 0 Å². The Kier molecular flexibility index (Phi) is 5.04. The number of anilines is 1. The van der Waals surface area contributed by atoms with Crippen molar-refractivity contribution < 1.29 is 26.4 Å². The Balaban J connectivity index is 2.76. The maximum Gasteiger partial charge on any atom is 0.389 e. The summed E-state index contributed by atoms with van der Waals surface area (Å²) in [4.78, 5) is 11.2. The van der Waals surface area contributed by atoms with Crippen molar-refractivity contribution in [2.75, 3.05) is 5.32 Å². The maximum atomic E-state index is 11.9. The van der Waals surface area contributed by atoms with Crippen LogP contribution in [0.5, 0.6) is 0 Å². The molecule has 0 unspecified atom stereocenters. The molecule has 0 atom stereocenters. The number of carbonyl (C=O) groups excluding carboxylic acids is 1. The van der Waals surface area contributed by atoms with Crippen molar-refractivity contribution >= 4 is 31.3 Å². The smallest absolute Gasteiger partial charge is 0.326 e. The van der Waals surface area contributed by atoms with E-state index in [0.29, 0.717) is 0 Å². The van der Waals surface area contributed by atoms with Crippen molar-refractivity contribution in [3.8, 4) is 0 Å². The SMILES string of the molecule is Cc1cc(NC(=O)CCC(F)(F)F)ccc1S(=O)(=O)Cl. The molecule has 1 aromatic carbocycles. The molecular formula is C11H11ClF3NO3S. The summed E-state index contributed by atoms with van der Waals surface area (Å²) < 4.78 is 58.1. The van der Waals surface area contributed by atoms with E-state index in [1.165, 1.54) is 25.1 Å². The lowest BCUT2D eigenvalue weighted by Crippen LogP contribution is -2.16. The lowest BCUT2D eigenvalue weighted by molar-refractivity contribution is -0.142. The van der Waals surface area contributed by atoms with Gasteiger partial charge in [0.15, 0.2) is 0 Å². The normalized spacial score (nSPS) is 12.2. The second kappa shape index (κ2) is 6.01. The molecule has 0 radical (unpaired) electrons. The van der Waals surface area contributed by atoms with Crippen LogP contribution in [0.4, 0.5) is 18.9 Å².